The molecular formula is C27H22IN3O7. The third-order valence-electron chi connectivity index (χ3n) is 5.94. The number of aryl methyl sites for hydroxylation is 2. The second-order valence-corrected chi connectivity index (χ2v) is 9.63. The van der Waals surface area contributed by atoms with E-state index in [9.17, 15) is 24.5 Å². The van der Waals surface area contributed by atoms with Crippen LogP contribution in [0.3, 0.4) is 0 Å². The summed E-state index contributed by atoms with van der Waals surface area (Å²) < 4.78 is 12.0. The van der Waals surface area contributed by atoms with E-state index in [4.69, 9.17) is 9.47 Å². The highest BCUT2D eigenvalue weighted by Crippen LogP contribution is 2.36. The predicted molar refractivity (Wildman–Crippen MR) is 148 cm³/mol. The molecule has 1 aliphatic heterocycles. The maximum absolute atomic E-state index is 13.3. The van der Waals surface area contributed by atoms with E-state index in [-0.39, 0.29) is 17.9 Å². The smallest absolute Gasteiger partial charge is 0.335 e. The van der Waals surface area contributed by atoms with Crippen molar-refractivity contribution in [3.8, 4) is 11.5 Å². The van der Waals surface area contributed by atoms with E-state index < -0.39 is 22.8 Å². The number of methoxy groups -OCH3 is 1. The van der Waals surface area contributed by atoms with Crippen molar-refractivity contribution in [2.24, 2.45) is 0 Å². The largest absolute Gasteiger partial charge is 0.493 e. The number of barbiturate groups is 1. The van der Waals surface area contributed by atoms with Crippen molar-refractivity contribution in [1.82, 2.24) is 5.32 Å². The van der Waals surface area contributed by atoms with E-state index in [1.165, 1.54) is 25.3 Å². The molecule has 4 rings (SSSR count). The standard InChI is InChI=1S/C27H22IN3O7/c1-15-4-7-20(10-16(15)2)30-26(33)21(25(32)29-27(30)34)11-18-12-22(28)24(23(13-18)37-3)38-14-17-5-8-19(9-6-17)31(35)36/h4-13H,14H2,1-3H3,(H,29,32,34)/b21-11+. The summed E-state index contributed by atoms with van der Waals surface area (Å²) in [5, 5.41) is 13.1. The van der Waals surface area contributed by atoms with Gasteiger partial charge in [0.1, 0.15) is 12.2 Å². The molecule has 0 atom stereocenters. The first-order chi connectivity index (χ1) is 18.1. The molecule has 38 heavy (non-hydrogen) atoms. The molecule has 0 aliphatic carbocycles. The Labute approximate surface area is 231 Å². The number of urea groups is 1. The van der Waals surface area contributed by atoms with E-state index in [1.54, 1.807) is 42.5 Å². The van der Waals surface area contributed by atoms with Crippen LogP contribution in [0.2, 0.25) is 0 Å². The number of carbonyl (C=O) groups excluding carboxylic acids is 3. The lowest BCUT2D eigenvalue weighted by Gasteiger charge is -2.27. The van der Waals surface area contributed by atoms with Gasteiger partial charge in [-0.15, -0.1) is 0 Å². The van der Waals surface area contributed by atoms with Crippen molar-refractivity contribution in [3.63, 3.8) is 0 Å². The number of rotatable bonds is 7. The summed E-state index contributed by atoms with van der Waals surface area (Å²) in [5.74, 6) is -0.751. The Morgan fingerprint density at radius 2 is 1.74 bits per heavy atom. The van der Waals surface area contributed by atoms with Crippen LogP contribution in [0.1, 0.15) is 22.3 Å². The molecule has 0 radical (unpaired) electrons. The Bertz CT molecular complexity index is 1500. The highest BCUT2D eigenvalue weighted by molar-refractivity contribution is 14.1. The number of hydrogen-bond donors (Lipinski definition) is 1. The molecule has 1 heterocycles. The average molecular weight is 627 g/mol. The van der Waals surface area contributed by atoms with Crippen molar-refractivity contribution in [2.75, 3.05) is 12.0 Å². The van der Waals surface area contributed by atoms with Gasteiger partial charge in [0.25, 0.3) is 17.5 Å². The molecule has 1 aliphatic rings. The molecule has 1 N–H and O–H groups in total. The van der Waals surface area contributed by atoms with Crippen molar-refractivity contribution in [1.29, 1.82) is 0 Å². The molecule has 0 saturated carbocycles. The normalized spacial score (nSPS) is 14.5. The minimum atomic E-state index is -0.817. The molecule has 1 fully saturated rings. The van der Waals surface area contributed by atoms with Gasteiger partial charge in [-0.1, -0.05) is 6.07 Å². The van der Waals surface area contributed by atoms with Gasteiger partial charge in [-0.2, -0.15) is 0 Å². The number of halogens is 1. The van der Waals surface area contributed by atoms with E-state index in [2.05, 4.69) is 5.32 Å². The summed E-state index contributed by atoms with van der Waals surface area (Å²) in [6.07, 6.45) is 1.39. The third-order valence-corrected chi connectivity index (χ3v) is 6.74. The minimum Gasteiger partial charge on any atom is -0.493 e. The van der Waals surface area contributed by atoms with Gasteiger partial charge in [0, 0.05) is 12.1 Å². The Morgan fingerprint density at radius 1 is 1.03 bits per heavy atom. The molecule has 11 heteroatoms. The fourth-order valence-corrected chi connectivity index (χ4v) is 4.54. The Kier molecular flexibility index (Phi) is 7.76. The maximum Gasteiger partial charge on any atom is 0.335 e. The van der Waals surface area contributed by atoms with Gasteiger partial charge in [-0.3, -0.25) is 25.0 Å². The molecule has 194 valence electrons. The first kappa shape index (κ1) is 26.8. The van der Waals surface area contributed by atoms with Gasteiger partial charge in [0.05, 0.1) is 21.3 Å². The number of ether oxygens (including phenoxy) is 2. The third kappa shape index (κ3) is 5.52. The molecule has 10 nitrogen and oxygen atoms in total. The van der Waals surface area contributed by atoms with Crippen molar-refractivity contribution >= 4 is 57.9 Å². The molecule has 0 bridgehead atoms. The summed E-state index contributed by atoms with van der Waals surface area (Å²) >= 11 is 2.05. The van der Waals surface area contributed by atoms with Crippen molar-refractivity contribution in [3.05, 3.63) is 96.1 Å². The molecule has 3 aromatic rings. The highest BCUT2D eigenvalue weighted by Gasteiger charge is 2.37. The molecule has 4 amide bonds. The first-order valence-electron chi connectivity index (χ1n) is 11.3. The lowest BCUT2D eigenvalue weighted by atomic mass is 10.0. The van der Waals surface area contributed by atoms with Gasteiger partial charge < -0.3 is 9.47 Å². The van der Waals surface area contributed by atoms with Crippen LogP contribution in [0.25, 0.3) is 6.08 Å². The summed E-state index contributed by atoms with van der Waals surface area (Å²) in [6.45, 7) is 3.92. The second kappa shape index (κ2) is 11.0. The lowest BCUT2D eigenvalue weighted by Crippen LogP contribution is -2.54. The summed E-state index contributed by atoms with van der Waals surface area (Å²) in [6, 6.07) is 13.7. The summed E-state index contributed by atoms with van der Waals surface area (Å²) in [4.78, 5) is 49.7. The zero-order valence-electron chi connectivity index (χ0n) is 20.6. The average Bonchev–Trinajstić information content (AvgIpc) is 2.87. The molecule has 3 aromatic carbocycles. The fraction of sp³-hybridized carbons (Fsp3) is 0.148. The maximum atomic E-state index is 13.3. The zero-order chi connectivity index (χ0) is 27.6. The van der Waals surface area contributed by atoms with Gasteiger partial charge in [-0.25, -0.2) is 9.69 Å². The Hall–Kier alpha value is -4.26. The van der Waals surface area contributed by atoms with Crippen LogP contribution in [0, 0.1) is 27.5 Å². The SMILES string of the molecule is COc1cc(/C=C2\C(=O)NC(=O)N(c3ccc(C)c(C)c3)C2=O)cc(I)c1OCc1ccc([N+](=O)[O-])cc1. The quantitative estimate of drug-likeness (QED) is 0.127. The number of benzene rings is 3. The lowest BCUT2D eigenvalue weighted by molar-refractivity contribution is -0.384. The van der Waals surface area contributed by atoms with Crippen LogP contribution in [0.15, 0.2) is 60.2 Å². The number of nitro benzene ring substituents is 1. The van der Waals surface area contributed by atoms with Crippen LogP contribution < -0.4 is 19.7 Å². The molecule has 0 spiro atoms. The van der Waals surface area contributed by atoms with Crippen LogP contribution in [0.4, 0.5) is 16.2 Å². The van der Waals surface area contributed by atoms with Crippen LogP contribution >= 0.6 is 22.6 Å². The number of non-ortho nitro benzene ring substituents is 1. The molecule has 0 unspecified atom stereocenters. The summed E-state index contributed by atoms with van der Waals surface area (Å²) in [5.41, 5.74) is 3.24. The van der Waals surface area contributed by atoms with Gasteiger partial charge in [-0.05, 0) is 101 Å². The molecule has 1 saturated heterocycles. The molecule has 0 aromatic heterocycles. The number of nitro groups is 1. The van der Waals surface area contributed by atoms with Gasteiger partial charge in [0.2, 0.25) is 0 Å². The number of imide groups is 2. The Balaban J connectivity index is 1.61. The number of hydrogen-bond acceptors (Lipinski definition) is 7. The second-order valence-electron chi connectivity index (χ2n) is 8.47. The number of nitrogens with one attached hydrogen (secondary N) is 1. The first-order valence-corrected chi connectivity index (χ1v) is 12.4. The minimum absolute atomic E-state index is 0.0163. The number of nitrogens with zero attached hydrogens (tertiary/aromatic N) is 2. The van der Waals surface area contributed by atoms with E-state index in [0.29, 0.717) is 26.3 Å². The van der Waals surface area contributed by atoms with Gasteiger partial charge in [0.15, 0.2) is 11.5 Å². The van der Waals surface area contributed by atoms with E-state index >= 15 is 0 Å². The predicted octanol–water partition coefficient (Wildman–Crippen LogP) is 5.07. The van der Waals surface area contributed by atoms with Gasteiger partial charge >= 0.3 is 6.03 Å². The fourth-order valence-electron chi connectivity index (χ4n) is 3.76. The summed E-state index contributed by atoms with van der Waals surface area (Å²) in [7, 11) is 1.46. The van der Waals surface area contributed by atoms with Crippen molar-refractivity contribution < 1.29 is 28.8 Å². The van der Waals surface area contributed by atoms with E-state index in [1.807, 2.05) is 36.4 Å². The number of amides is 4. The zero-order valence-corrected chi connectivity index (χ0v) is 22.8. The van der Waals surface area contributed by atoms with Crippen LogP contribution in [-0.2, 0) is 16.2 Å². The topological polar surface area (TPSA) is 128 Å². The highest BCUT2D eigenvalue weighted by atomic mass is 127. The van der Waals surface area contributed by atoms with E-state index in [0.717, 1.165) is 21.6 Å². The van der Waals surface area contributed by atoms with Crippen molar-refractivity contribution in [2.45, 2.75) is 20.5 Å². The van der Waals surface area contributed by atoms with Crippen LogP contribution in [-0.4, -0.2) is 29.9 Å². The Morgan fingerprint density at radius 3 is 2.37 bits per heavy atom. The molecular weight excluding hydrogens is 605 g/mol. The number of carbonyl (C=O) groups is 3. The van der Waals surface area contributed by atoms with Crippen LogP contribution in [0.5, 0.6) is 11.5 Å². The monoisotopic (exact) mass is 627 g/mol. The number of anilines is 1.